The van der Waals surface area contributed by atoms with E-state index in [0.29, 0.717) is 11.5 Å². The minimum atomic E-state index is -0.672. The molecule has 0 radical (unpaired) electrons. The number of aliphatic hydroxyl groups excluding tert-OH is 1. The molecule has 20 heavy (non-hydrogen) atoms. The number of hydrogen-bond acceptors (Lipinski definition) is 5. The molecule has 7 nitrogen and oxygen atoms in total. The highest BCUT2D eigenvalue weighted by Crippen LogP contribution is 2.20. The van der Waals surface area contributed by atoms with Gasteiger partial charge in [0, 0.05) is 11.8 Å². The van der Waals surface area contributed by atoms with Crippen molar-refractivity contribution < 1.29 is 14.4 Å². The van der Waals surface area contributed by atoms with E-state index in [1.807, 2.05) is 0 Å². The lowest BCUT2D eigenvalue weighted by Crippen LogP contribution is -2.10. The van der Waals surface area contributed by atoms with E-state index in [2.05, 4.69) is 20.4 Å². The predicted molar refractivity (Wildman–Crippen MR) is 71.2 cm³/mol. The number of fused-ring (bicyclic) bond motifs is 1. The zero-order valence-corrected chi connectivity index (χ0v) is 10.6. The SMILES string of the molecule is CC(O)c1nc2ccc(NC(=O)c3ccno3)cc2[nH]1. The Morgan fingerprint density at radius 2 is 2.30 bits per heavy atom. The molecule has 3 aromatic rings. The Morgan fingerprint density at radius 3 is 3.00 bits per heavy atom. The molecule has 0 saturated heterocycles. The average molecular weight is 272 g/mol. The molecule has 0 spiro atoms. The molecular formula is C13H12N4O3. The van der Waals surface area contributed by atoms with Crippen molar-refractivity contribution in [3.05, 3.63) is 42.0 Å². The zero-order valence-electron chi connectivity index (χ0n) is 10.6. The summed E-state index contributed by atoms with van der Waals surface area (Å²) in [6.07, 6.45) is 0.733. The largest absolute Gasteiger partial charge is 0.385 e. The summed E-state index contributed by atoms with van der Waals surface area (Å²) in [5.41, 5.74) is 2.05. The summed E-state index contributed by atoms with van der Waals surface area (Å²) in [5.74, 6) is 0.246. The first-order valence-electron chi connectivity index (χ1n) is 6.03. The number of nitrogens with one attached hydrogen (secondary N) is 2. The number of imidazole rings is 1. The lowest BCUT2D eigenvalue weighted by atomic mass is 10.2. The van der Waals surface area contributed by atoms with Gasteiger partial charge in [0.2, 0.25) is 5.76 Å². The number of rotatable bonds is 3. The molecule has 3 rings (SSSR count). The highest BCUT2D eigenvalue weighted by Gasteiger charge is 2.12. The molecule has 7 heteroatoms. The third-order valence-corrected chi connectivity index (χ3v) is 2.82. The maximum atomic E-state index is 11.8. The smallest absolute Gasteiger partial charge is 0.294 e. The van der Waals surface area contributed by atoms with E-state index in [1.165, 1.54) is 12.3 Å². The number of H-pyrrole nitrogens is 1. The van der Waals surface area contributed by atoms with Crippen LogP contribution in [0.1, 0.15) is 29.4 Å². The minimum absolute atomic E-state index is 0.138. The van der Waals surface area contributed by atoms with Gasteiger partial charge in [-0.15, -0.1) is 0 Å². The molecular weight excluding hydrogens is 260 g/mol. The van der Waals surface area contributed by atoms with Crippen LogP contribution in [0.4, 0.5) is 5.69 Å². The Bertz CT molecular complexity index is 746. The van der Waals surface area contributed by atoms with Crippen molar-refractivity contribution in [3.63, 3.8) is 0 Å². The summed E-state index contributed by atoms with van der Waals surface area (Å²) < 4.78 is 4.78. The van der Waals surface area contributed by atoms with Crippen LogP contribution in [0.3, 0.4) is 0 Å². The van der Waals surface area contributed by atoms with Crippen molar-refractivity contribution in [2.24, 2.45) is 0 Å². The molecule has 1 unspecified atom stereocenters. The van der Waals surface area contributed by atoms with E-state index in [0.717, 1.165) is 11.0 Å². The molecule has 0 aliphatic heterocycles. The molecule has 0 bridgehead atoms. The van der Waals surface area contributed by atoms with Gasteiger partial charge in [-0.05, 0) is 25.1 Å². The normalized spacial score (nSPS) is 12.5. The number of nitrogens with zero attached hydrogens (tertiary/aromatic N) is 2. The van der Waals surface area contributed by atoms with E-state index < -0.39 is 6.10 Å². The van der Waals surface area contributed by atoms with Crippen LogP contribution in [-0.2, 0) is 0 Å². The summed E-state index contributed by atoms with van der Waals surface area (Å²) in [7, 11) is 0. The third-order valence-electron chi connectivity index (χ3n) is 2.82. The molecule has 0 fully saturated rings. The highest BCUT2D eigenvalue weighted by atomic mass is 16.5. The van der Waals surface area contributed by atoms with Gasteiger partial charge in [-0.3, -0.25) is 4.79 Å². The molecule has 2 heterocycles. The molecule has 3 N–H and O–H groups in total. The topological polar surface area (TPSA) is 104 Å². The standard InChI is InChI=1S/C13H12N4O3/c1-7(18)12-16-9-3-2-8(6-10(9)17-12)15-13(19)11-4-5-14-20-11/h2-7,18H,1H3,(H,15,19)(H,16,17). The minimum Gasteiger partial charge on any atom is -0.385 e. The first-order chi connectivity index (χ1) is 9.63. The number of aliphatic hydroxyl groups is 1. The van der Waals surface area contributed by atoms with Crippen LogP contribution in [-0.4, -0.2) is 26.1 Å². The zero-order chi connectivity index (χ0) is 14.1. The van der Waals surface area contributed by atoms with Crippen LogP contribution in [0.2, 0.25) is 0 Å². The van der Waals surface area contributed by atoms with Crippen molar-refractivity contribution >= 4 is 22.6 Å². The van der Waals surface area contributed by atoms with Crippen LogP contribution in [0.15, 0.2) is 35.0 Å². The van der Waals surface area contributed by atoms with Gasteiger partial charge >= 0.3 is 0 Å². The molecule has 102 valence electrons. The van der Waals surface area contributed by atoms with Gasteiger partial charge in [0.1, 0.15) is 11.9 Å². The predicted octanol–water partition coefficient (Wildman–Crippen LogP) is 1.86. The van der Waals surface area contributed by atoms with Crippen molar-refractivity contribution in [1.29, 1.82) is 0 Å². The summed E-state index contributed by atoms with van der Waals surface area (Å²) in [6.45, 7) is 1.63. The van der Waals surface area contributed by atoms with Crippen molar-refractivity contribution in [3.8, 4) is 0 Å². The first kappa shape index (κ1) is 12.4. The summed E-state index contributed by atoms with van der Waals surface area (Å²) in [5, 5.41) is 15.7. The van der Waals surface area contributed by atoms with Gasteiger partial charge in [0.05, 0.1) is 17.2 Å². The van der Waals surface area contributed by atoms with Gasteiger partial charge in [-0.25, -0.2) is 4.98 Å². The second kappa shape index (κ2) is 4.78. The number of aromatic amines is 1. The number of carbonyl (C=O) groups is 1. The molecule has 0 aliphatic rings. The van der Waals surface area contributed by atoms with Crippen LogP contribution < -0.4 is 5.32 Å². The van der Waals surface area contributed by atoms with Gasteiger partial charge in [0.15, 0.2) is 0 Å². The maximum absolute atomic E-state index is 11.8. The van der Waals surface area contributed by atoms with Gasteiger partial charge in [-0.2, -0.15) is 0 Å². The number of hydrogen-bond donors (Lipinski definition) is 3. The number of anilines is 1. The summed E-state index contributed by atoms with van der Waals surface area (Å²) >= 11 is 0. The second-order valence-electron chi connectivity index (χ2n) is 4.36. The van der Waals surface area contributed by atoms with Gasteiger partial charge in [0.25, 0.3) is 5.91 Å². The Labute approximate surface area is 113 Å². The van der Waals surface area contributed by atoms with Crippen LogP contribution >= 0.6 is 0 Å². The highest BCUT2D eigenvalue weighted by molar-refractivity contribution is 6.02. The fourth-order valence-corrected chi connectivity index (χ4v) is 1.83. The van der Waals surface area contributed by atoms with Gasteiger partial charge < -0.3 is 19.9 Å². The average Bonchev–Trinajstić information content (AvgIpc) is 3.07. The number of amides is 1. The second-order valence-corrected chi connectivity index (χ2v) is 4.36. The molecule has 1 amide bonds. The quantitative estimate of drug-likeness (QED) is 0.675. The van der Waals surface area contributed by atoms with Crippen molar-refractivity contribution in [2.45, 2.75) is 13.0 Å². The number of benzene rings is 1. The van der Waals surface area contributed by atoms with Crippen LogP contribution in [0.5, 0.6) is 0 Å². The lowest BCUT2D eigenvalue weighted by Gasteiger charge is -2.02. The van der Waals surface area contributed by atoms with Gasteiger partial charge in [-0.1, -0.05) is 5.16 Å². The lowest BCUT2D eigenvalue weighted by molar-refractivity contribution is 0.0988. The third kappa shape index (κ3) is 2.26. The molecule has 1 atom stereocenters. The van der Waals surface area contributed by atoms with E-state index >= 15 is 0 Å². The van der Waals surface area contributed by atoms with E-state index in [-0.39, 0.29) is 11.7 Å². The monoisotopic (exact) mass is 272 g/mol. The van der Waals surface area contributed by atoms with E-state index in [9.17, 15) is 9.90 Å². The Hall–Kier alpha value is -2.67. The van der Waals surface area contributed by atoms with E-state index in [1.54, 1.807) is 25.1 Å². The van der Waals surface area contributed by atoms with Crippen molar-refractivity contribution in [1.82, 2.24) is 15.1 Å². The summed E-state index contributed by atoms with van der Waals surface area (Å²) in [6, 6.07) is 6.70. The van der Waals surface area contributed by atoms with Crippen LogP contribution in [0.25, 0.3) is 11.0 Å². The molecule has 0 aliphatic carbocycles. The number of carbonyl (C=O) groups excluding carboxylic acids is 1. The molecule has 2 aromatic heterocycles. The first-order valence-corrected chi connectivity index (χ1v) is 6.03. The Kier molecular flexibility index (Phi) is 2.96. The Morgan fingerprint density at radius 1 is 1.45 bits per heavy atom. The Balaban J connectivity index is 1.87. The fourth-order valence-electron chi connectivity index (χ4n) is 1.83. The fraction of sp³-hybridized carbons (Fsp3) is 0.154. The number of aromatic nitrogens is 3. The molecule has 1 aromatic carbocycles. The van der Waals surface area contributed by atoms with Crippen molar-refractivity contribution in [2.75, 3.05) is 5.32 Å². The summed E-state index contributed by atoms with van der Waals surface area (Å²) in [4.78, 5) is 19.0. The maximum Gasteiger partial charge on any atom is 0.294 e. The van der Waals surface area contributed by atoms with Crippen LogP contribution in [0, 0.1) is 0 Å². The molecule has 0 saturated carbocycles. The van der Waals surface area contributed by atoms with E-state index in [4.69, 9.17) is 4.52 Å².